The second kappa shape index (κ2) is 2.00. The first-order valence-corrected chi connectivity index (χ1v) is 2.88. The minimum Gasteiger partial charge on any atom is -0.222 e. The zero-order chi connectivity index (χ0) is 7.89. The number of hydrogen-bond acceptors (Lipinski definition) is 3. The number of quaternary nitrogens is 1. The standard InChI is InChI=1S/C6H7NO3/c1-3-4(2)6(9)7(10)5(3)8/h10H,1-2H3/p+1. The van der Waals surface area contributed by atoms with E-state index in [2.05, 4.69) is 0 Å². The van der Waals surface area contributed by atoms with Gasteiger partial charge >= 0.3 is 11.8 Å². The fourth-order valence-electron chi connectivity index (χ4n) is 0.799. The first kappa shape index (κ1) is 7.11. The van der Waals surface area contributed by atoms with Gasteiger partial charge in [0.1, 0.15) is 0 Å². The second-order valence-electron chi connectivity index (χ2n) is 2.26. The molecule has 1 aliphatic heterocycles. The van der Waals surface area contributed by atoms with Crippen LogP contribution < -0.4 is 5.06 Å². The molecule has 4 heteroatoms. The molecular formula is C6H8NO3+. The van der Waals surface area contributed by atoms with E-state index in [-0.39, 0.29) is 0 Å². The summed E-state index contributed by atoms with van der Waals surface area (Å²) in [5.41, 5.74) is 0.699. The molecule has 0 atom stereocenters. The molecule has 0 saturated heterocycles. The number of rotatable bonds is 0. The van der Waals surface area contributed by atoms with Crippen LogP contribution in [-0.2, 0) is 9.59 Å². The molecule has 0 radical (unpaired) electrons. The summed E-state index contributed by atoms with van der Waals surface area (Å²) in [6.07, 6.45) is 0. The Morgan fingerprint density at radius 3 is 1.50 bits per heavy atom. The SMILES string of the molecule is CC1=C(C)C(=O)[NH+](O)C1=O. The minimum absolute atomic E-state index is 0.350. The van der Waals surface area contributed by atoms with Gasteiger partial charge in [-0.05, 0) is 13.8 Å². The molecular weight excluding hydrogens is 134 g/mol. The Labute approximate surface area is 57.7 Å². The van der Waals surface area contributed by atoms with Gasteiger partial charge in [-0.25, -0.2) is 14.8 Å². The van der Waals surface area contributed by atoms with E-state index in [9.17, 15) is 9.59 Å². The molecule has 0 aromatic rings. The maximum Gasteiger partial charge on any atom is 0.380 e. The van der Waals surface area contributed by atoms with Gasteiger partial charge in [0, 0.05) is 0 Å². The Morgan fingerprint density at radius 1 is 1.10 bits per heavy atom. The van der Waals surface area contributed by atoms with Crippen LogP contribution >= 0.6 is 0 Å². The number of carbonyl (C=O) groups is 2. The van der Waals surface area contributed by atoms with E-state index >= 15 is 0 Å². The first-order chi connectivity index (χ1) is 4.55. The molecule has 0 saturated carbocycles. The van der Waals surface area contributed by atoms with E-state index in [0.717, 1.165) is 0 Å². The normalized spacial score (nSPS) is 21.1. The summed E-state index contributed by atoms with van der Waals surface area (Å²) in [7, 11) is 0. The van der Waals surface area contributed by atoms with Gasteiger partial charge in [-0.1, -0.05) is 5.06 Å². The van der Waals surface area contributed by atoms with E-state index in [1.807, 2.05) is 0 Å². The highest BCUT2D eigenvalue weighted by molar-refractivity contribution is 6.07. The van der Waals surface area contributed by atoms with Gasteiger partial charge in [0.2, 0.25) is 0 Å². The van der Waals surface area contributed by atoms with Crippen molar-refractivity contribution < 1.29 is 19.9 Å². The predicted octanol–water partition coefficient (Wildman–Crippen LogP) is -1.34. The number of carbonyl (C=O) groups excluding carboxylic acids is 2. The van der Waals surface area contributed by atoms with Crippen LogP contribution in [0.2, 0.25) is 0 Å². The van der Waals surface area contributed by atoms with Crippen LogP contribution in [0.15, 0.2) is 11.1 Å². The van der Waals surface area contributed by atoms with E-state index in [0.29, 0.717) is 11.1 Å². The third-order valence-corrected chi connectivity index (χ3v) is 1.67. The van der Waals surface area contributed by atoms with E-state index in [1.54, 1.807) is 0 Å². The van der Waals surface area contributed by atoms with Gasteiger partial charge in [0.15, 0.2) is 0 Å². The van der Waals surface area contributed by atoms with Gasteiger partial charge in [-0.2, -0.15) is 0 Å². The Bertz CT molecular complexity index is 217. The van der Waals surface area contributed by atoms with E-state index in [1.165, 1.54) is 13.8 Å². The first-order valence-electron chi connectivity index (χ1n) is 2.88. The van der Waals surface area contributed by atoms with Gasteiger partial charge in [0.05, 0.1) is 11.1 Å². The molecule has 0 bridgehead atoms. The van der Waals surface area contributed by atoms with Crippen molar-refractivity contribution in [2.45, 2.75) is 13.8 Å². The van der Waals surface area contributed by atoms with Gasteiger partial charge in [0.25, 0.3) is 0 Å². The zero-order valence-electron chi connectivity index (χ0n) is 5.76. The Kier molecular flexibility index (Phi) is 1.42. The number of imide groups is 1. The summed E-state index contributed by atoms with van der Waals surface area (Å²) in [6, 6.07) is 0. The zero-order valence-corrected chi connectivity index (χ0v) is 5.76. The minimum atomic E-state index is -0.644. The number of hydroxylamine groups is 2. The van der Waals surface area contributed by atoms with Crippen LogP contribution in [0.1, 0.15) is 13.8 Å². The third kappa shape index (κ3) is 0.698. The lowest BCUT2D eigenvalue weighted by Crippen LogP contribution is -3.13. The number of amides is 2. The monoisotopic (exact) mass is 142 g/mol. The van der Waals surface area contributed by atoms with Crippen LogP contribution in [-0.4, -0.2) is 17.0 Å². The molecule has 54 valence electrons. The lowest BCUT2D eigenvalue weighted by Gasteiger charge is -1.93. The maximum absolute atomic E-state index is 10.8. The quantitative estimate of drug-likeness (QED) is 0.325. The van der Waals surface area contributed by atoms with Crippen LogP contribution in [0.3, 0.4) is 0 Å². The van der Waals surface area contributed by atoms with Crippen molar-refractivity contribution >= 4 is 11.8 Å². The summed E-state index contributed by atoms with van der Waals surface area (Å²) < 4.78 is 0. The van der Waals surface area contributed by atoms with Crippen LogP contribution in [0.5, 0.6) is 0 Å². The molecule has 0 fully saturated rings. The average Bonchev–Trinajstić information content (AvgIpc) is 2.07. The van der Waals surface area contributed by atoms with Crippen molar-refractivity contribution in [3.8, 4) is 0 Å². The summed E-state index contributed by atoms with van der Waals surface area (Å²) in [4.78, 5) is 21.5. The van der Waals surface area contributed by atoms with Gasteiger partial charge < -0.3 is 0 Å². The lowest BCUT2D eigenvalue weighted by molar-refractivity contribution is -0.947. The van der Waals surface area contributed by atoms with Crippen molar-refractivity contribution in [1.82, 2.24) is 0 Å². The largest absolute Gasteiger partial charge is 0.380 e. The molecule has 0 spiro atoms. The highest BCUT2D eigenvalue weighted by Gasteiger charge is 2.39. The van der Waals surface area contributed by atoms with Crippen molar-refractivity contribution in [3.63, 3.8) is 0 Å². The summed E-state index contributed by atoms with van der Waals surface area (Å²) >= 11 is 0. The Hall–Kier alpha value is -1.00. The molecule has 0 aromatic carbocycles. The fraction of sp³-hybridized carbons (Fsp3) is 0.333. The fourth-order valence-corrected chi connectivity index (χ4v) is 0.799. The number of nitrogens with one attached hydrogen (secondary N) is 1. The molecule has 0 aliphatic carbocycles. The topological polar surface area (TPSA) is 58.8 Å². The molecule has 10 heavy (non-hydrogen) atoms. The molecule has 1 heterocycles. The molecule has 2 amide bonds. The molecule has 4 nitrogen and oxygen atoms in total. The molecule has 0 aromatic heterocycles. The van der Waals surface area contributed by atoms with Crippen LogP contribution in [0.25, 0.3) is 0 Å². The molecule has 0 unspecified atom stereocenters. The van der Waals surface area contributed by atoms with Crippen LogP contribution in [0.4, 0.5) is 0 Å². The smallest absolute Gasteiger partial charge is 0.222 e. The average molecular weight is 142 g/mol. The Balaban J connectivity index is 3.11. The summed E-state index contributed by atoms with van der Waals surface area (Å²) in [6.45, 7) is 3.05. The van der Waals surface area contributed by atoms with Crippen molar-refractivity contribution in [2.24, 2.45) is 0 Å². The van der Waals surface area contributed by atoms with Crippen LogP contribution in [0, 0.1) is 0 Å². The lowest BCUT2D eigenvalue weighted by atomic mass is 10.2. The van der Waals surface area contributed by atoms with E-state index in [4.69, 9.17) is 5.21 Å². The Morgan fingerprint density at radius 2 is 1.40 bits per heavy atom. The van der Waals surface area contributed by atoms with Gasteiger partial charge in [-0.15, -0.1) is 0 Å². The highest BCUT2D eigenvalue weighted by atomic mass is 16.5. The second-order valence-corrected chi connectivity index (χ2v) is 2.26. The van der Waals surface area contributed by atoms with Crippen molar-refractivity contribution in [2.75, 3.05) is 0 Å². The van der Waals surface area contributed by atoms with E-state index < -0.39 is 16.9 Å². The summed E-state index contributed by atoms with van der Waals surface area (Å²) in [5.74, 6) is -1.08. The molecule has 1 aliphatic rings. The maximum atomic E-state index is 10.8. The predicted molar refractivity (Wildman–Crippen MR) is 31.1 cm³/mol. The van der Waals surface area contributed by atoms with Gasteiger partial charge in [-0.3, -0.25) is 0 Å². The highest BCUT2D eigenvalue weighted by Crippen LogP contribution is 2.05. The molecule has 1 rings (SSSR count). The van der Waals surface area contributed by atoms with Crippen molar-refractivity contribution in [3.05, 3.63) is 11.1 Å². The number of hydrogen-bond donors (Lipinski definition) is 2. The molecule has 2 N–H and O–H groups in total. The van der Waals surface area contributed by atoms with Crippen molar-refractivity contribution in [1.29, 1.82) is 0 Å². The summed E-state index contributed by atoms with van der Waals surface area (Å²) in [5, 5.41) is 8.14. The third-order valence-electron chi connectivity index (χ3n) is 1.67.